The molecule has 0 aromatic heterocycles. The van der Waals surface area contributed by atoms with E-state index in [1.54, 1.807) is 37.5 Å². The van der Waals surface area contributed by atoms with Crippen molar-refractivity contribution in [2.24, 2.45) is 0 Å². The predicted molar refractivity (Wildman–Crippen MR) is 45.1 cm³/mol. The SMILES string of the molecule is CC([C]=O)(C#N)c1ccccc1. The zero-order valence-corrected chi connectivity index (χ0v) is 6.74. The van der Waals surface area contributed by atoms with Gasteiger partial charge in [0, 0.05) is 0 Å². The van der Waals surface area contributed by atoms with Gasteiger partial charge in [0.1, 0.15) is 5.41 Å². The lowest BCUT2D eigenvalue weighted by molar-refractivity contribution is 0.532. The maximum absolute atomic E-state index is 10.5. The lowest BCUT2D eigenvalue weighted by atomic mass is 9.86. The fourth-order valence-electron chi connectivity index (χ4n) is 0.918. The third-order valence-electron chi connectivity index (χ3n) is 1.78. The fourth-order valence-corrected chi connectivity index (χ4v) is 0.918. The summed E-state index contributed by atoms with van der Waals surface area (Å²) in [5, 5.41) is 8.73. The van der Waals surface area contributed by atoms with Crippen molar-refractivity contribution in [3.8, 4) is 6.07 Å². The first kappa shape index (κ1) is 8.48. The molecule has 1 aromatic carbocycles. The lowest BCUT2D eigenvalue weighted by Crippen LogP contribution is -2.20. The van der Waals surface area contributed by atoms with Gasteiger partial charge in [0.15, 0.2) is 0 Å². The molecule has 0 bridgehead atoms. The zero-order chi connectivity index (χ0) is 9.03. The first-order valence-corrected chi connectivity index (χ1v) is 3.59. The molecule has 2 heteroatoms. The van der Waals surface area contributed by atoms with E-state index in [1.807, 2.05) is 12.1 Å². The van der Waals surface area contributed by atoms with Crippen LogP contribution < -0.4 is 0 Å². The van der Waals surface area contributed by atoms with Crippen molar-refractivity contribution in [2.75, 3.05) is 0 Å². The third kappa shape index (κ3) is 1.35. The summed E-state index contributed by atoms with van der Waals surface area (Å²) in [4.78, 5) is 10.5. The third-order valence-corrected chi connectivity index (χ3v) is 1.78. The van der Waals surface area contributed by atoms with Gasteiger partial charge < -0.3 is 0 Å². The Hall–Kier alpha value is -1.62. The van der Waals surface area contributed by atoms with Gasteiger partial charge >= 0.3 is 0 Å². The van der Waals surface area contributed by atoms with Gasteiger partial charge in [-0.05, 0) is 12.5 Å². The Balaban J connectivity index is 3.14. The molecule has 0 spiro atoms. The van der Waals surface area contributed by atoms with Crippen molar-refractivity contribution in [3.63, 3.8) is 0 Å². The van der Waals surface area contributed by atoms with Gasteiger partial charge in [0.05, 0.1) is 6.07 Å². The summed E-state index contributed by atoms with van der Waals surface area (Å²) in [5.41, 5.74) is -0.441. The highest BCUT2D eigenvalue weighted by Crippen LogP contribution is 2.19. The summed E-state index contributed by atoms with van der Waals surface area (Å²) >= 11 is 0. The van der Waals surface area contributed by atoms with Gasteiger partial charge in [-0.25, -0.2) is 0 Å². The highest BCUT2D eigenvalue weighted by atomic mass is 16.1. The van der Waals surface area contributed by atoms with E-state index in [9.17, 15) is 4.79 Å². The van der Waals surface area contributed by atoms with Crippen LogP contribution in [0.25, 0.3) is 0 Å². The molecule has 1 atom stereocenters. The number of nitrogens with zero attached hydrogens (tertiary/aromatic N) is 1. The predicted octanol–water partition coefficient (Wildman–Crippen LogP) is 1.58. The Kier molecular flexibility index (Phi) is 2.25. The molecular weight excluding hydrogens is 150 g/mol. The minimum atomic E-state index is -1.12. The molecule has 0 saturated carbocycles. The standard InChI is InChI=1S/C10H8NO/c1-10(7-11,8-12)9-5-3-2-4-6-9/h2-6H,1H3. The van der Waals surface area contributed by atoms with E-state index in [2.05, 4.69) is 0 Å². The van der Waals surface area contributed by atoms with Gasteiger partial charge in [-0.1, -0.05) is 30.3 Å². The summed E-state index contributed by atoms with van der Waals surface area (Å²) in [6.07, 6.45) is 1.73. The van der Waals surface area contributed by atoms with Crippen LogP contribution >= 0.6 is 0 Å². The van der Waals surface area contributed by atoms with Crippen LogP contribution in [0.3, 0.4) is 0 Å². The van der Waals surface area contributed by atoms with E-state index in [1.165, 1.54) is 0 Å². The minimum absolute atomic E-state index is 0.683. The van der Waals surface area contributed by atoms with Crippen LogP contribution in [0.1, 0.15) is 12.5 Å². The van der Waals surface area contributed by atoms with E-state index < -0.39 is 5.41 Å². The monoisotopic (exact) mass is 158 g/mol. The molecule has 2 nitrogen and oxygen atoms in total. The number of rotatable bonds is 2. The van der Waals surface area contributed by atoms with E-state index in [0.717, 1.165) is 0 Å². The molecule has 0 aliphatic heterocycles. The first-order valence-electron chi connectivity index (χ1n) is 3.59. The molecule has 0 fully saturated rings. The highest BCUT2D eigenvalue weighted by molar-refractivity contribution is 5.73. The Morgan fingerprint density at radius 2 is 1.92 bits per heavy atom. The largest absolute Gasteiger partial charge is 0.289 e. The summed E-state index contributed by atoms with van der Waals surface area (Å²) in [7, 11) is 0. The average molecular weight is 158 g/mol. The van der Waals surface area contributed by atoms with E-state index >= 15 is 0 Å². The molecule has 0 N–H and O–H groups in total. The summed E-state index contributed by atoms with van der Waals surface area (Å²) in [5.74, 6) is 0. The van der Waals surface area contributed by atoms with Gasteiger partial charge in [0.2, 0.25) is 6.29 Å². The Morgan fingerprint density at radius 1 is 1.33 bits per heavy atom. The van der Waals surface area contributed by atoms with E-state index in [-0.39, 0.29) is 0 Å². The van der Waals surface area contributed by atoms with Crippen LogP contribution in [0.2, 0.25) is 0 Å². The topological polar surface area (TPSA) is 40.9 Å². The van der Waals surface area contributed by atoms with Crippen molar-refractivity contribution in [1.82, 2.24) is 0 Å². The number of carbonyl (C=O) groups excluding carboxylic acids is 1. The summed E-state index contributed by atoms with van der Waals surface area (Å²) < 4.78 is 0. The van der Waals surface area contributed by atoms with Crippen molar-refractivity contribution in [2.45, 2.75) is 12.3 Å². The molecule has 1 rings (SSSR count). The van der Waals surface area contributed by atoms with Gasteiger partial charge in [0.25, 0.3) is 0 Å². The first-order chi connectivity index (χ1) is 5.73. The van der Waals surface area contributed by atoms with Crippen molar-refractivity contribution in [1.29, 1.82) is 5.26 Å². The number of hydrogen-bond donors (Lipinski definition) is 0. The van der Waals surface area contributed by atoms with Crippen LogP contribution in [0, 0.1) is 11.3 Å². The molecule has 59 valence electrons. The number of nitriles is 1. The normalized spacial score (nSPS) is 14.3. The second-order valence-electron chi connectivity index (χ2n) is 2.70. The van der Waals surface area contributed by atoms with E-state index in [0.29, 0.717) is 5.56 Å². The summed E-state index contributed by atoms with van der Waals surface area (Å²) in [6.45, 7) is 1.55. The van der Waals surface area contributed by atoms with Crippen LogP contribution in [-0.4, -0.2) is 6.29 Å². The van der Waals surface area contributed by atoms with Crippen LogP contribution in [0.5, 0.6) is 0 Å². The molecule has 1 unspecified atom stereocenters. The Morgan fingerprint density at radius 3 is 2.33 bits per heavy atom. The second-order valence-corrected chi connectivity index (χ2v) is 2.70. The maximum atomic E-state index is 10.5. The van der Waals surface area contributed by atoms with Gasteiger partial charge in [-0.15, -0.1) is 0 Å². The second kappa shape index (κ2) is 3.19. The van der Waals surface area contributed by atoms with Crippen LogP contribution in [0.4, 0.5) is 0 Å². The minimum Gasteiger partial charge on any atom is -0.289 e. The lowest BCUT2D eigenvalue weighted by Gasteiger charge is -2.11. The highest BCUT2D eigenvalue weighted by Gasteiger charge is 2.26. The van der Waals surface area contributed by atoms with Gasteiger partial charge in [-0.2, -0.15) is 5.26 Å². The molecule has 0 amide bonds. The molecule has 0 saturated heterocycles. The quantitative estimate of drug-likeness (QED) is 0.655. The molecule has 12 heavy (non-hydrogen) atoms. The maximum Gasteiger partial charge on any atom is 0.224 e. The van der Waals surface area contributed by atoms with Crippen molar-refractivity contribution < 1.29 is 4.79 Å². The smallest absolute Gasteiger partial charge is 0.224 e. The number of hydrogen-bond acceptors (Lipinski definition) is 2. The van der Waals surface area contributed by atoms with E-state index in [4.69, 9.17) is 5.26 Å². The molecule has 1 aromatic rings. The zero-order valence-electron chi connectivity index (χ0n) is 6.74. The van der Waals surface area contributed by atoms with Crippen LogP contribution in [0.15, 0.2) is 30.3 Å². The number of benzene rings is 1. The van der Waals surface area contributed by atoms with Gasteiger partial charge in [-0.3, -0.25) is 4.79 Å². The molecule has 1 radical (unpaired) electrons. The van der Waals surface area contributed by atoms with Crippen LogP contribution in [-0.2, 0) is 10.2 Å². The van der Waals surface area contributed by atoms with Crippen molar-refractivity contribution in [3.05, 3.63) is 35.9 Å². The summed E-state index contributed by atoms with van der Waals surface area (Å²) in [6, 6.07) is 10.8. The van der Waals surface area contributed by atoms with Crippen molar-refractivity contribution >= 4 is 6.29 Å². The fraction of sp³-hybridized carbons (Fsp3) is 0.200. The molecule has 0 heterocycles. The average Bonchev–Trinajstić information content (AvgIpc) is 2.18. The molecular formula is C10H8NO. The molecule has 0 aliphatic rings. The molecule has 0 aliphatic carbocycles. The Labute approximate surface area is 71.4 Å². The Bertz CT molecular complexity index is 312.